The Bertz CT molecular complexity index is 852. The quantitative estimate of drug-likeness (QED) is 0.799. The van der Waals surface area contributed by atoms with Gasteiger partial charge in [-0.2, -0.15) is 4.98 Å². The van der Waals surface area contributed by atoms with Crippen molar-refractivity contribution in [3.8, 4) is 11.5 Å². The lowest BCUT2D eigenvalue weighted by Crippen LogP contribution is -2.45. The van der Waals surface area contributed by atoms with Crippen LogP contribution >= 0.6 is 11.8 Å². The van der Waals surface area contributed by atoms with Crippen molar-refractivity contribution < 1.29 is 14.3 Å². The molecule has 2 fully saturated rings. The summed E-state index contributed by atoms with van der Waals surface area (Å²) < 4.78 is 10.7. The molecule has 1 amide bonds. The van der Waals surface area contributed by atoms with Crippen LogP contribution < -0.4 is 19.3 Å². The molecule has 0 spiro atoms. The number of methoxy groups -OCH3 is 2. The topological polar surface area (TPSA) is 86.8 Å². The minimum Gasteiger partial charge on any atom is -0.493 e. The number of anilines is 2. The van der Waals surface area contributed by atoms with E-state index in [4.69, 9.17) is 9.47 Å². The second-order valence-corrected chi connectivity index (χ2v) is 7.86. The van der Waals surface area contributed by atoms with Crippen molar-refractivity contribution in [1.29, 1.82) is 0 Å². The number of benzene rings is 1. The van der Waals surface area contributed by atoms with E-state index < -0.39 is 0 Å². The SMILES string of the molecule is COc1ccc(C2SCC(=O)N2c2nc(N3CCN(C)CC3)n[nH]2)cc1OC. The van der Waals surface area contributed by atoms with Gasteiger partial charge in [0.25, 0.3) is 0 Å². The average Bonchev–Trinajstić information content (AvgIpc) is 3.34. The van der Waals surface area contributed by atoms with E-state index in [-0.39, 0.29) is 11.3 Å². The first-order chi connectivity index (χ1) is 13.6. The normalized spacial score (nSPS) is 20.7. The van der Waals surface area contributed by atoms with Crippen LogP contribution in [0.1, 0.15) is 10.9 Å². The van der Waals surface area contributed by atoms with Gasteiger partial charge in [0, 0.05) is 26.2 Å². The number of aromatic nitrogens is 3. The second kappa shape index (κ2) is 7.88. The van der Waals surface area contributed by atoms with Crippen LogP contribution in [0, 0.1) is 0 Å². The fraction of sp³-hybridized carbons (Fsp3) is 0.500. The van der Waals surface area contributed by atoms with E-state index in [1.807, 2.05) is 18.2 Å². The van der Waals surface area contributed by atoms with Crippen molar-refractivity contribution in [2.45, 2.75) is 5.37 Å². The van der Waals surface area contributed by atoms with E-state index in [9.17, 15) is 4.79 Å². The Morgan fingerprint density at radius 1 is 1.14 bits per heavy atom. The van der Waals surface area contributed by atoms with Gasteiger partial charge in [-0.25, -0.2) is 5.10 Å². The molecule has 2 aromatic rings. The van der Waals surface area contributed by atoms with Gasteiger partial charge in [-0.3, -0.25) is 9.69 Å². The fourth-order valence-electron chi connectivity index (χ4n) is 3.41. The second-order valence-electron chi connectivity index (χ2n) is 6.79. The summed E-state index contributed by atoms with van der Waals surface area (Å²) in [6, 6.07) is 5.70. The Kier molecular flexibility index (Phi) is 5.31. The number of aromatic amines is 1. The van der Waals surface area contributed by atoms with E-state index >= 15 is 0 Å². The molecule has 2 saturated heterocycles. The predicted octanol–water partition coefficient (Wildman–Crippen LogP) is 1.35. The minimum atomic E-state index is -0.194. The third-order valence-corrected chi connectivity index (χ3v) is 6.25. The van der Waals surface area contributed by atoms with Crippen LogP contribution in [-0.2, 0) is 4.79 Å². The van der Waals surface area contributed by atoms with Crippen molar-refractivity contribution in [3.05, 3.63) is 23.8 Å². The largest absolute Gasteiger partial charge is 0.493 e. The van der Waals surface area contributed by atoms with Crippen molar-refractivity contribution in [1.82, 2.24) is 20.1 Å². The summed E-state index contributed by atoms with van der Waals surface area (Å²) in [5.74, 6) is 2.80. The van der Waals surface area contributed by atoms with Crippen LogP contribution in [0.25, 0.3) is 0 Å². The molecule has 1 aromatic heterocycles. The van der Waals surface area contributed by atoms with Gasteiger partial charge in [-0.05, 0) is 24.7 Å². The highest BCUT2D eigenvalue weighted by Crippen LogP contribution is 2.43. The van der Waals surface area contributed by atoms with Gasteiger partial charge in [0.2, 0.25) is 17.8 Å². The maximum atomic E-state index is 12.6. The van der Waals surface area contributed by atoms with E-state index in [2.05, 4.69) is 32.0 Å². The highest BCUT2D eigenvalue weighted by molar-refractivity contribution is 8.00. The van der Waals surface area contributed by atoms with Crippen molar-refractivity contribution in [2.75, 3.05) is 63.0 Å². The van der Waals surface area contributed by atoms with Gasteiger partial charge in [0.1, 0.15) is 5.37 Å². The molecule has 1 unspecified atom stereocenters. The number of H-pyrrole nitrogens is 1. The highest BCUT2D eigenvalue weighted by Gasteiger charge is 2.37. The number of ether oxygens (including phenoxy) is 2. The number of likely N-dealkylation sites (N-methyl/N-ethyl adjacent to an activating group) is 1. The van der Waals surface area contributed by atoms with Crippen molar-refractivity contribution in [2.24, 2.45) is 0 Å². The minimum absolute atomic E-state index is 0.00543. The molecule has 150 valence electrons. The maximum absolute atomic E-state index is 12.6. The molecule has 1 atom stereocenters. The molecule has 28 heavy (non-hydrogen) atoms. The molecule has 0 bridgehead atoms. The Hall–Kier alpha value is -2.46. The smallest absolute Gasteiger partial charge is 0.246 e. The molecule has 0 aliphatic carbocycles. The third-order valence-electron chi connectivity index (χ3n) is 5.04. The number of piperazine rings is 1. The lowest BCUT2D eigenvalue weighted by Gasteiger charge is -2.31. The summed E-state index contributed by atoms with van der Waals surface area (Å²) in [5, 5.41) is 7.12. The molecule has 9 nitrogen and oxygen atoms in total. The molecule has 2 aliphatic heterocycles. The highest BCUT2D eigenvalue weighted by atomic mass is 32.2. The zero-order valence-corrected chi connectivity index (χ0v) is 17.0. The van der Waals surface area contributed by atoms with Crippen LogP contribution in [0.15, 0.2) is 18.2 Å². The molecular weight excluding hydrogens is 380 g/mol. The van der Waals surface area contributed by atoms with Gasteiger partial charge in [-0.15, -0.1) is 16.9 Å². The summed E-state index contributed by atoms with van der Waals surface area (Å²) in [6.07, 6.45) is 0. The lowest BCUT2D eigenvalue weighted by molar-refractivity contribution is -0.115. The van der Waals surface area contributed by atoms with E-state index in [1.165, 1.54) is 0 Å². The summed E-state index contributed by atoms with van der Waals surface area (Å²) in [7, 11) is 5.31. The summed E-state index contributed by atoms with van der Waals surface area (Å²) in [6.45, 7) is 3.68. The number of carbonyl (C=O) groups excluding carboxylic acids is 1. The molecule has 0 radical (unpaired) electrons. The first kappa shape index (κ1) is 18.9. The number of rotatable bonds is 5. The van der Waals surface area contributed by atoms with Crippen molar-refractivity contribution in [3.63, 3.8) is 0 Å². The van der Waals surface area contributed by atoms with E-state index in [0.717, 1.165) is 31.7 Å². The molecule has 2 aliphatic rings. The maximum Gasteiger partial charge on any atom is 0.246 e. The van der Waals surface area contributed by atoms with Gasteiger partial charge >= 0.3 is 0 Å². The van der Waals surface area contributed by atoms with Crippen LogP contribution in [0.5, 0.6) is 11.5 Å². The van der Waals surface area contributed by atoms with Gasteiger partial charge in [0.05, 0.1) is 20.0 Å². The standard InChI is InChI=1S/C18H24N6O3S/c1-22-6-8-23(9-7-22)17-19-18(21-20-17)24-15(25)11-28-16(24)12-4-5-13(26-2)14(10-12)27-3/h4-5,10,16H,6-9,11H2,1-3H3,(H,19,20,21). The Morgan fingerprint density at radius 2 is 1.89 bits per heavy atom. The van der Waals surface area contributed by atoms with Crippen LogP contribution in [0.3, 0.4) is 0 Å². The number of carbonyl (C=O) groups is 1. The lowest BCUT2D eigenvalue weighted by atomic mass is 10.2. The third kappa shape index (κ3) is 3.49. The summed E-state index contributed by atoms with van der Waals surface area (Å²) >= 11 is 1.56. The molecule has 1 aromatic carbocycles. The number of nitrogens with zero attached hydrogens (tertiary/aromatic N) is 5. The van der Waals surface area contributed by atoms with Gasteiger partial charge < -0.3 is 19.3 Å². The Labute approximate surface area is 168 Å². The molecule has 4 rings (SSSR count). The van der Waals surface area contributed by atoms with E-state index in [1.54, 1.807) is 30.9 Å². The Balaban J connectivity index is 1.59. The Morgan fingerprint density at radius 3 is 2.61 bits per heavy atom. The molecule has 1 N–H and O–H groups in total. The average molecular weight is 404 g/mol. The molecule has 3 heterocycles. The number of amides is 1. The molecule has 0 saturated carbocycles. The summed E-state index contributed by atoms with van der Waals surface area (Å²) in [5.41, 5.74) is 0.950. The first-order valence-electron chi connectivity index (χ1n) is 9.12. The van der Waals surface area contributed by atoms with Crippen molar-refractivity contribution >= 4 is 29.6 Å². The monoisotopic (exact) mass is 404 g/mol. The molecular formula is C18H24N6O3S. The van der Waals surface area contributed by atoms with Crippen LogP contribution in [0.2, 0.25) is 0 Å². The number of hydrogen-bond acceptors (Lipinski definition) is 8. The van der Waals surface area contributed by atoms with E-state index in [0.29, 0.717) is 29.1 Å². The fourth-order valence-corrected chi connectivity index (χ4v) is 4.55. The van der Waals surface area contributed by atoms with Crippen LogP contribution in [0.4, 0.5) is 11.9 Å². The molecule has 10 heteroatoms. The zero-order chi connectivity index (χ0) is 19.7. The number of hydrogen-bond donors (Lipinski definition) is 1. The zero-order valence-electron chi connectivity index (χ0n) is 16.2. The number of nitrogens with one attached hydrogen (secondary N) is 1. The van der Waals surface area contributed by atoms with Gasteiger partial charge in [0.15, 0.2) is 11.5 Å². The first-order valence-corrected chi connectivity index (χ1v) is 10.2. The number of thioether (sulfide) groups is 1. The summed E-state index contributed by atoms with van der Waals surface area (Å²) in [4.78, 5) is 23.3. The van der Waals surface area contributed by atoms with Gasteiger partial charge in [-0.1, -0.05) is 6.07 Å². The van der Waals surface area contributed by atoms with Crippen LogP contribution in [-0.4, -0.2) is 79.2 Å². The predicted molar refractivity (Wildman–Crippen MR) is 108 cm³/mol.